The molecule has 0 spiro atoms. The number of halogens is 1. The lowest BCUT2D eigenvalue weighted by Crippen LogP contribution is -2.23. The third-order valence-electron chi connectivity index (χ3n) is 2.19. The van der Waals surface area contributed by atoms with Gasteiger partial charge in [-0.1, -0.05) is 30.3 Å². The van der Waals surface area contributed by atoms with Gasteiger partial charge in [0.2, 0.25) is 0 Å². The fourth-order valence-corrected chi connectivity index (χ4v) is 2.22. The van der Waals surface area contributed by atoms with E-state index in [0.717, 1.165) is 10.6 Å². The molecule has 0 saturated heterocycles. The van der Waals surface area contributed by atoms with Crippen LogP contribution in [0.25, 0.3) is 0 Å². The molecule has 0 atom stereocenters. The van der Waals surface area contributed by atoms with Crippen molar-refractivity contribution in [3.05, 3.63) is 52.0 Å². The first-order valence-electron chi connectivity index (χ1n) is 5.12. The van der Waals surface area contributed by atoms with Gasteiger partial charge in [0, 0.05) is 11.9 Å². The molecule has 0 unspecified atom stereocenters. The monoisotopic (exact) mass is 266 g/mol. The van der Waals surface area contributed by atoms with Gasteiger partial charge >= 0.3 is 0 Å². The normalized spacial score (nSPS) is 10.2. The first kappa shape index (κ1) is 12.1. The van der Waals surface area contributed by atoms with Crippen molar-refractivity contribution in [2.24, 2.45) is 0 Å². The largest absolute Gasteiger partial charge is 0.347 e. The molecule has 2 rings (SSSR count). The Kier molecular flexibility index (Phi) is 4.12. The van der Waals surface area contributed by atoms with Crippen LogP contribution in [-0.4, -0.2) is 10.9 Å². The van der Waals surface area contributed by atoms with Gasteiger partial charge in [0.05, 0.1) is 5.88 Å². The summed E-state index contributed by atoms with van der Waals surface area (Å²) in [5.74, 6) is 0.179. The van der Waals surface area contributed by atoms with Crippen molar-refractivity contribution < 1.29 is 4.79 Å². The van der Waals surface area contributed by atoms with Gasteiger partial charge in [0.15, 0.2) is 0 Å². The quantitative estimate of drug-likeness (QED) is 0.865. The smallest absolute Gasteiger partial charge is 0.271 e. The van der Waals surface area contributed by atoms with E-state index in [-0.39, 0.29) is 5.91 Å². The van der Waals surface area contributed by atoms with Crippen molar-refractivity contribution in [2.45, 2.75) is 12.4 Å². The van der Waals surface area contributed by atoms with Crippen LogP contribution >= 0.6 is 22.9 Å². The molecule has 0 aliphatic carbocycles. The molecule has 0 aliphatic heterocycles. The van der Waals surface area contributed by atoms with Crippen LogP contribution in [0.5, 0.6) is 0 Å². The minimum Gasteiger partial charge on any atom is -0.347 e. The molecule has 5 heteroatoms. The minimum atomic E-state index is -0.165. The maximum atomic E-state index is 11.7. The summed E-state index contributed by atoms with van der Waals surface area (Å²) in [5.41, 5.74) is 1.50. The molecular formula is C12H11ClN2OS. The van der Waals surface area contributed by atoms with E-state index in [2.05, 4.69) is 10.3 Å². The number of hydrogen-bond donors (Lipinski definition) is 1. The Hall–Kier alpha value is -1.39. The molecule has 3 nitrogen and oxygen atoms in total. The summed E-state index contributed by atoms with van der Waals surface area (Å²) >= 11 is 7.03. The predicted octanol–water partition coefficient (Wildman–Crippen LogP) is 2.81. The Morgan fingerprint density at radius 1 is 1.35 bits per heavy atom. The highest BCUT2D eigenvalue weighted by Crippen LogP contribution is 2.11. The highest BCUT2D eigenvalue weighted by molar-refractivity contribution is 7.10. The van der Waals surface area contributed by atoms with E-state index in [1.165, 1.54) is 11.3 Å². The molecule has 1 aromatic heterocycles. The number of nitrogens with one attached hydrogen (secondary N) is 1. The Balaban J connectivity index is 1.93. The lowest BCUT2D eigenvalue weighted by Gasteiger charge is -2.02. The third kappa shape index (κ3) is 3.28. The molecule has 1 heterocycles. The molecule has 0 bridgehead atoms. The minimum absolute atomic E-state index is 0.165. The first-order valence-corrected chi connectivity index (χ1v) is 6.53. The van der Waals surface area contributed by atoms with Crippen LogP contribution in [0.1, 0.15) is 21.1 Å². The molecule has 0 saturated carbocycles. The second-order valence-corrected chi connectivity index (χ2v) is 4.64. The van der Waals surface area contributed by atoms with Crippen LogP contribution in [0.4, 0.5) is 0 Å². The van der Waals surface area contributed by atoms with Crippen LogP contribution in [-0.2, 0) is 12.4 Å². The van der Waals surface area contributed by atoms with Crippen LogP contribution in [0.3, 0.4) is 0 Å². The van der Waals surface area contributed by atoms with E-state index in [1.807, 2.05) is 30.3 Å². The maximum absolute atomic E-state index is 11.7. The number of thiazole rings is 1. The summed E-state index contributed by atoms with van der Waals surface area (Å²) in [5, 5.41) is 5.30. The SMILES string of the molecule is O=C(NCc1ccccc1)c1csc(CCl)n1. The maximum Gasteiger partial charge on any atom is 0.271 e. The molecule has 0 aliphatic rings. The molecule has 1 N–H and O–H groups in total. The van der Waals surface area contributed by atoms with E-state index in [4.69, 9.17) is 11.6 Å². The van der Waals surface area contributed by atoms with Crippen LogP contribution < -0.4 is 5.32 Å². The molecule has 0 radical (unpaired) electrons. The highest BCUT2D eigenvalue weighted by Gasteiger charge is 2.09. The van der Waals surface area contributed by atoms with Gasteiger partial charge in [-0.05, 0) is 5.56 Å². The molecule has 88 valence electrons. The number of amides is 1. The van der Waals surface area contributed by atoms with Gasteiger partial charge in [-0.2, -0.15) is 0 Å². The summed E-state index contributed by atoms with van der Waals surface area (Å²) in [6, 6.07) is 9.75. The summed E-state index contributed by atoms with van der Waals surface area (Å²) < 4.78 is 0. The van der Waals surface area contributed by atoms with Crippen molar-refractivity contribution >= 4 is 28.8 Å². The standard InChI is InChI=1S/C12H11ClN2OS/c13-6-11-15-10(8-17-11)12(16)14-7-9-4-2-1-3-5-9/h1-5,8H,6-7H2,(H,14,16). The number of benzene rings is 1. The average molecular weight is 267 g/mol. The van der Waals surface area contributed by atoms with Crippen molar-refractivity contribution in [2.75, 3.05) is 0 Å². The van der Waals surface area contributed by atoms with Gasteiger partial charge in [-0.25, -0.2) is 4.98 Å². The second-order valence-electron chi connectivity index (χ2n) is 3.43. The highest BCUT2D eigenvalue weighted by atomic mass is 35.5. The summed E-state index contributed by atoms with van der Waals surface area (Å²) in [4.78, 5) is 15.9. The Bertz CT molecular complexity index is 498. The van der Waals surface area contributed by atoms with E-state index >= 15 is 0 Å². The average Bonchev–Trinajstić information content (AvgIpc) is 2.86. The van der Waals surface area contributed by atoms with Crippen LogP contribution in [0, 0.1) is 0 Å². The van der Waals surface area contributed by atoms with Crippen molar-refractivity contribution in [1.82, 2.24) is 10.3 Å². The molecule has 1 aromatic carbocycles. The summed E-state index contributed by atoms with van der Waals surface area (Å²) in [7, 11) is 0. The lowest BCUT2D eigenvalue weighted by atomic mass is 10.2. The van der Waals surface area contributed by atoms with Gasteiger partial charge in [-0.15, -0.1) is 22.9 Å². The van der Waals surface area contributed by atoms with E-state index in [9.17, 15) is 4.79 Å². The number of carbonyl (C=O) groups excluding carboxylic acids is 1. The zero-order valence-corrected chi connectivity index (χ0v) is 10.6. The van der Waals surface area contributed by atoms with Gasteiger partial charge in [0.1, 0.15) is 10.7 Å². The molecule has 2 aromatic rings. The lowest BCUT2D eigenvalue weighted by molar-refractivity contribution is 0.0946. The molecule has 17 heavy (non-hydrogen) atoms. The number of aromatic nitrogens is 1. The third-order valence-corrected chi connectivity index (χ3v) is 3.46. The number of carbonyl (C=O) groups is 1. The first-order chi connectivity index (χ1) is 8.29. The topological polar surface area (TPSA) is 42.0 Å². The van der Waals surface area contributed by atoms with E-state index < -0.39 is 0 Å². The Morgan fingerprint density at radius 3 is 2.76 bits per heavy atom. The number of nitrogens with zero attached hydrogens (tertiary/aromatic N) is 1. The van der Waals surface area contributed by atoms with E-state index in [1.54, 1.807) is 5.38 Å². The number of alkyl halides is 1. The van der Waals surface area contributed by atoms with Gasteiger partial charge < -0.3 is 5.32 Å². The zero-order valence-electron chi connectivity index (χ0n) is 9.02. The Labute approximate surface area is 108 Å². The van der Waals surface area contributed by atoms with Crippen molar-refractivity contribution in [1.29, 1.82) is 0 Å². The molecule has 1 amide bonds. The Morgan fingerprint density at radius 2 is 2.12 bits per heavy atom. The van der Waals surface area contributed by atoms with Crippen molar-refractivity contribution in [3.63, 3.8) is 0 Å². The van der Waals surface area contributed by atoms with Crippen molar-refractivity contribution in [3.8, 4) is 0 Å². The summed E-state index contributed by atoms with van der Waals surface area (Å²) in [6.45, 7) is 0.507. The zero-order chi connectivity index (χ0) is 12.1. The predicted molar refractivity (Wildman–Crippen MR) is 69.3 cm³/mol. The van der Waals surface area contributed by atoms with E-state index in [0.29, 0.717) is 18.1 Å². The van der Waals surface area contributed by atoms with Crippen LogP contribution in [0.2, 0.25) is 0 Å². The number of hydrogen-bond acceptors (Lipinski definition) is 3. The molecular weight excluding hydrogens is 256 g/mol. The van der Waals surface area contributed by atoms with Gasteiger partial charge in [-0.3, -0.25) is 4.79 Å². The van der Waals surface area contributed by atoms with Gasteiger partial charge in [0.25, 0.3) is 5.91 Å². The van der Waals surface area contributed by atoms with Crippen LogP contribution in [0.15, 0.2) is 35.7 Å². The number of rotatable bonds is 4. The fourth-order valence-electron chi connectivity index (χ4n) is 1.35. The molecule has 0 fully saturated rings. The second kappa shape index (κ2) is 5.80. The summed E-state index contributed by atoms with van der Waals surface area (Å²) in [6.07, 6.45) is 0. The fraction of sp³-hybridized carbons (Fsp3) is 0.167.